The summed E-state index contributed by atoms with van der Waals surface area (Å²) in [4.78, 5) is 3.24. The maximum absolute atomic E-state index is 4.40. The Morgan fingerprint density at radius 3 is 2.69 bits per heavy atom. The van der Waals surface area contributed by atoms with Gasteiger partial charge in [0.15, 0.2) is 11.0 Å². The van der Waals surface area contributed by atoms with Crippen molar-refractivity contribution in [2.24, 2.45) is 0 Å². The van der Waals surface area contributed by atoms with Crippen LogP contribution in [0.3, 0.4) is 0 Å². The molecule has 3 heteroatoms. The zero-order valence-corrected chi connectivity index (χ0v) is 8.68. The number of fused-ring (bicyclic) bond motifs is 1. The predicted octanol–water partition coefficient (Wildman–Crippen LogP) is 2.33. The first-order chi connectivity index (χ1) is 6.20. The molecule has 1 heterocycles. The average Bonchev–Trinajstić information content (AvgIpc) is 2.39. The van der Waals surface area contributed by atoms with E-state index in [2.05, 4.69) is 48.2 Å². The number of hydrogen-bond donors (Lipinski definition) is 2. The lowest BCUT2D eigenvalue weighted by molar-refractivity contribution is -0.727. The monoisotopic (exact) mass is 193 g/mol. The van der Waals surface area contributed by atoms with Gasteiger partial charge in [0.2, 0.25) is 0 Å². The molecule has 1 aromatic heterocycles. The first kappa shape index (κ1) is 8.63. The minimum Gasteiger partial charge on any atom is -0.231 e. The highest BCUT2D eigenvalue weighted by molar-refractivity contribution is 7.80. The van der Waals surface area contributed by atoms with Crippen molar-refractivity contribution >= 4 is 23.7 Å². The molecule has 0 saturated carbocycles. The van der Waals surface area contributed by atoms with E-state index in [4.69, 9.17) is 0 Å². The molecule has 0 fully saturated rings. The van der Waals surface area contributed by atoms with Crippen LogP contribution >= 0.6 is 12.6 Å². The third-order valence-corrected chi connectivity index (χ3v) is 2.48. The normalized spacial score (nSPS) is 11.4. The van der Waals surface area contributed by atoms with Crippen molar-refractivity contribution in [2.75, 3.05) is 0 Å². The molecule has 0 aliphatic carbocycles. The number of H-pyrrole nitrogens is 1. The van der Waals surface area contributed by atoms with Gasteiger partial charge in [0.1, 0.15) is 0 Å². The van der Waals surface area contributed by atoms with Crippen molar-refractivity contribution < 1.29 is 4.57 Å². The number of aromatic amines is 1. The Morgan fingerprint density at radius 1 is 1.31 bits per heavy atom. The summed E-state index contributed by atoms with van der Waals surface area (Å²) >= 11 is 4.40. The van der Waals surface area contributed by atoms with Crippen LogP contribution in [-0.4, -0.2) is 4.98 Å². The van der Waals surface area contributed by atoms with Crippen LogP contribution in [0.1, 0.15) is 19.9 Å². The summed E-state index contributed by atoms with van der Waals surface area (Å²) in [6, 6.07) is 8.67. The van der Waals surface area contributed by atoms with Crippen molar-refractivity contribution in [3.05, 3.63) is 24.3 Å². The van der Waals surface area contributed by atoms with Gasteiger partial charge in [-0.3, -0.25) is 0 Å². The van der Waals surface area contributed by atoms with E-state index < -0.39 is 0 Å². The highest BCUT2D eigenvalue weighted by Gasteiger charge is 2.16. The Labute approximate surface area is 83.0 Å². The largest absolute Gasteiger partial charge is 0.313 e. The summed E-state index contributed by atoms with van der Waals surface area (Å²) in [6.45, 7) is 4.31. The lowest BCUT2D eigenvalue weighted by Gasteiger charge is -2.01. The van der Waals surface area contributed by atoms with Crippen LogP contribution in [0.15, 0.2) is 29.4 Å². The molecule has 0 saturated heterocycles. The smallest absolute Gasteiger partial charge is 0.231 e. The Hall–Kier alpha value is -0.960. The summed E-state index contributed by atoms with van der Waals surface area (Å²) in [7, 11) is 0. The summed E-state index contributed by atoms with van der Waals surface area (Å²) in [6.07, 6.45) is 0. The summed E-state index contributed by atoms with van der Waals surface area (Å²) in [5.74, 6) is 0. The molecule has 1 aromatic carbocycles. The van der Waals surface area contributed by atoms with Crippen LogP contribution in [-0.2, 0) is 0 Å². The van der Waals surface area contributed by atoms with Crippen molar-refractivity contribution in [1.29, 1.82) is 0 Å². The molecule has 0 aliphatic heterocycles. The third-order valence-electron chi connectivity index (χ3n) is 2.15. The van der Waals surface area contributed by atoms with Gasteiger partial charge in [-0.1, -0.05) is 24.8 Å². The highest BCUT2D eigenvalue weighted by atomic mass is 32.1. The molecule has 0 atom stereocenters. The molecule has 13 heavy (non-hydrogen) atoms. The molecule has 68 valence electrons. The Bertz CT molecular complexity index is 431. The maximum Gasteiger partial charge on any atom is 0.313 e. The minimum atomic E-state index is 0.434. The molecule has 2 nitrogen and oxygen atoms in total. The predicted molar refractivity (Wildman–Crippen MR) is 56.1 cm³/mol. The Balaban J connectivity index is 2.78. The Kier molecular flexibility index (Phi) is 2.04. The zero-order valence-electron chi connectivity index (χ0n) is 7.78. The van der Waals surface area contributed by atoms with Crippen LogP contribution in [0.25, 0.3) is 11.0 Å². The number of thiol groups is 1. The fraction of sp³-hybridized carbons (Fsp3) is 0.300. The second kappa shape index (κ2) is 3.07. The topological polar surface area (TPSA) is 19.7 Å². The summed E-state index contributed by atoms with van der Waals surface area (Å²) < 4.78 is 2.18. The number of para-hydroxylation sites is 2. The SMILES string of the molecule is CC(C)[n+]1c(S)[nH]c2ccccc21. The van der Waals surface area contributed by atoms with Crippen molar-refractivity contribution in [3.63, 3.8) is 0 Å². The molecule has 0 bridgehead atoms. The molecule has 0 unspecified atom stereocenters. The van der Waals surface area contributed by atoms with Crippen molar-refractivity contribution in [2.45, 2.75) is 25.0 Å². The molecular weight excluding hydrogens is 180 g/mol. The molecule has 1 N–H and O–H groups in total. The number of nitrogens with zero attached hydrogens (tertiary/aromatic N) is 1. The minimum absolute atomic E-state index is 0.434. The number of nitrogens with one attached hydrogen (secondary N) is 1. The molecule has 0 radical (unpaired) electrons. The van der Waals surface area contributed by atoms with Crippen LogP contribution in [0.2, 0.25) is 0 Å². The second-order valence-corrected chi connectivity index (χ2v) is 3.85. The lowest BCUT2D eigenvalue weighted by Crippen LogP contribution is -2.36. The fourth-order valence-electron chi connectivity index (χ4n) is 1.61. The van der Waals surface area contributed by atoms with Gasteiger partial charge < -0.3 is 0 Å². The molecule has 2 rings (SSSR count). The van der Waals surface area contributed by atoms with E-state index in [1.807, 2.05) is 12.1 Å². The van der Waals surface area contributed by atoms with E-state index in [-0.39, 0.29) is 0 Å². The third kappa shape index (κ3) is 1.33. The van der Waals surface area contributed by atoms with Crippen molar-refractivity contribution in [1.82, 2.24) is 4.98 Å². The number of aromatic nitrogens is 2. The van der Waals surface area contributed by atoms with Gasteiger partial charge in [-0.25, -0.2) is 9.55 Å². The summed E-state index contributed by atoms with van der Waals surface area (Å²) in [5.41, 5.74) is 2.35. The van der Waals surface area contributed by atoms with E-state index in [0.717, 1.165) is 10.7 Å². The summed E-state index contributed by atoms with van der Waals surface area (Å²) in [5, 5.41) is 0.913. The van der Waals surface area contributed by atoms with Gasteiger partial charge in [0.05, 0.1) is 6.04 Å². The van der Waals surface area contributed by atoms with Gasteiger partial charge >= 0.3 is 5.16 Å². The van der Waals surface area contributed by atoms with Gasteiger partial charge in [0, 0.05) is 0 Å². The van der Waals surface area contributed by atoms with Gasteiger partial charge in [-0.05, 0) is 26.0 Å². The molecular formula is C10H13N2S+. The highest BCUT2D eigenvalue weighted by Crippen LogP contribution is 2.13. The van der Waals surface area contributed by atoms with E-state index in [0.29, 0.717) is 6.04 Å². The van der Waals surface area contributed by atoms with Crippen LogP contribution in [0, 0.1) is 0 Å². The first-order valence-electron chi connectivity index (χ1n) is 4.41. The number of rotatable bonds is 1. The van der Waals surface area contributed by atoms with Crippen LogP contribution in [0.4, 0.5) is 0 Å². The lowest BCUT2D eigenvalue weighted by atomic mass is 10.3. The molecule has 0 amide bonds. The molecule has 0 spiro atoms. The molecule has 2 aromatic rings. The first-order valence-corrected chi connectivity index (χ1v) is 4.86. The zero-order chi connectivity index (χ0) is 9.42. The maximum atomic E-state index is 4.40. The quantitative estimate of drug-likeness (QED) is 0.512. The number of benzene rings is 1. The number of imidazole rings is 1. The van der Waals surface area contributed by atoms with E-state index in [1.165, 1.54) is 5.52 Å². The van der Waals surface area contributed by atoms with Gasteiger partial charge in [-0.15, -0.1) is 0 Å². The van der Waals surface area contributed by atoms with E-state index >= 15 is 0 Å². The molecule has 0 aliphatic rings. The fourth-order valence-corrected chi connectivity index (χ4v) is 2.07. The van der Waals surface area contributed by atoms with E-state index in [1.54, 1.807) is 0 Å². The van der Waals surface area contributed by atoms with E-state index in [9.17, 15) is 0 Å². The second-order valence-electron chi connectivity index (χ2n) is 3.43. The van der Waals surface area contributed by atoms with Crippen molar-refractivity contribution in [3.8, 4) is 0 Å². The standard InChI is InChI=1S/C10H12N2S/c1-7(2)12-9-6-4-3-5-8(9)11-10(12)13/h3-7H,1-2H3,(H,11,13)/p+1. The van der Waals surface area contributed by atoms with Gasteiger partial charge in [0.25, 0.3) is 0 Å². The van der Waals surface area contributed by atoms with Crippen LogP contribution in [0.5, 0.6) is 0 Å². The number of hydrogen-bond acceptors (Lipinski definition) is 1. The van der Waals surface area contributed by atoms with Gasteiger partial charge in [-0.2, -0.15) is 0 Å². The Morgan fingerprint density at radius 2 is 2.00 bits per heavy atom. The average molecular weight is 193 g/mol. The van der Waals surface area contributed by atoms with Crippen LogP contribution < -0.4 is 4.57 Å².